The van der Waals surface area contributed by atoms with Gasteiger partial charge >= 0.3 is 0 Å². The van der Waals surface area contributed by atoms with Crippen molar-refractivity contribution in [1.29, 1.82) is 0 Å². The van der Waals surface area contributed by atoms with Gasteiger partial charge in [-0.2, -0.15) is 0 Å². The zero-order valence-corrected chi connectivity index (χ0v) is 17.8. The molecule has 3 heterocycles. The van der Waals surface area contributed by atoms with E-state index in [4.69, 9.17) is 4.98 Å². The molecule has 1 saturated carbocycles. The number of aryl methyl sites for hydroxylation is 2. The molecular weight excluding hydrogens is 390 g/mol. The van der Waals surface area contributed by atoms with Crippen LogP contribution in [0.3, 0.4) is 0 Å². The van der Waals surface area contributed by atoms with E-state index >= 15 is 0 Å². The Morgan fingerprint density at radius 1 is 1.03 bits per heavy atom. The van der Waals surface area contributed by atoms with Crippen LogP contribution in [0.1, 0.15) is 46.7 Å². The number of hydrogen-bond acceptors (Lipinski definition) is 5. The number of rotatable bonds is 5. The molecule has 0 unspecified atom stereocenters. The van der Waals surface area contributed by atoms with Crippen molar-refractivity contribution in [2.75, 3.05) is 37.6 Å². The number of benzene rings is 1. The average molecular weight is 420 g/mol. The van der Waals surface area contributed by atoms with Gasteiger partial charge in [-0.05, 0) is 37.7 Å². The minimum Gasteiger partial charge on any atom is -0.354 e. The molecule has 5 rings (SSSR count). The summed E-state index contributed by atoms with van der Waals surface area (Å²) in [5.41, 5.74) is 2.71. The third kappa shape index (κ3) is 4.40. The van der Waals surface area contributed by atoms with E-state index in [1.54, 1.807) is 0 Å². The lowest BCUT2D eigenvalue weighted by Gasteiger charge is -2.28. The smallest absolute Gasteiger partial charge is 0.270 e. The number of carbonyl (C=O) groups excluding carboxylic acids is 2. The Hall–Kier alpha value is -2.96. The monoisotopic (exact) mass is 419 g/mol. The molecule has 2 amide bonds. The van der Waals surface area contributed by atoms with Crippen LogP contribution in [-0.2, 0) is 24.1 Å². The lowest BCUT2D eigenvalue weighted by molar-refractivity contribution is -0.132. The second-order valence-electron chi connectivity index (χ2n) is 8.72. The zero-order valence-electron chi connectivity index (χ0n) is 17.8. The van der Waals surface area contributed by atoms with E-state index in [0.29, 0.717) is 30.4 Å². The van der Waals surface area contributed by atoms with Crippen molar-refractivity contribution in [2.24, 2.45) is 5.92 Å². The SMILES string of the molecule is O=C1NCCc2c1nc(CCc1ccccc1)nc2N1CCCN(C(=O)C2CC2)CC1. The molecule has 2 aliphatic heterocycles. The minimum atomic E-state index is -0.105. The topological polar surface area (TPSA) is 78.4 Å². The maximum atomic E-state index is 12.6. The number of aromatic nitrogens is 2. The predicted octanol–water partition coefficient (Wildman–Crippen LogP) is 2.00. The number of nitrogens with zero attached hydrogens (tertiary/aromatic N) is 4. The maximum absolute atomic E-state index is 12.6. The summed E-state index contributed by atoms with van der Waals surface area (Å²) >= 11 is 0. The van der Waals surface area contributed by atoms with Gasteiger partial charge in [0.15, 0.2) is 0 Å². The summed E-state index contributed by atoms with van der Waals surface area (Å²) in [5.74, 6) is 2.07. The Labute approximate surface area is 182 Å². The molecule has 2 aromatic rings. The molecule has 2 fully saturated rings. The summed E-state index contributed by atoms with van der Waals surface area (Å²) in [6.45, 7) is 3.74. The summed E-state index contributed by atoms with van der Waals surface area (Å²) in [4.78, 5) is 39.0. The van der Waals surface area contributed by atoms with E-state index in [1.807, 2.05) is 23.1 Å². The first kappa shape index (κ1) is 20.0. The maximum Gasteiger partial charge on any atom is 0.270 e. The van der Waals surface area contributed by atoms with Crippen molar-refractivity contribution < 1.29 is 9.59 Å². The van der Waals surface area contributed by atoms with Crippen LogP contribution in [0.25, 0.3) is 0 Å². The van der Waals surface area contributed by atoms with Gasteiger partial charge in [0, 0.05) is 50.6 Å². The van der Waals surface area contributed by atoms with Crippen molar-refractivity contribution in [2.45, 2.75) is 38.5 Å². The van der Waals surface area contributed by atoms with Gasteiger partial charge in [-0.25, -0.2) is 9.97 Å². The Morgan fingerprint density at radius 2 is 1.87 bits per heavy atom. The fourth-order valence-corrected chi connectivity index (χ4v) is 4.53. The molecule has 0 radical (unpaired) electrons. The van der Waals surface area contributed by atoms with Gasteiger partial charge in [-0.15, -0.1) is 0 Å². The normalized spacial score (nSPS) is 18.9. The number of nitrogens with one attached hydrogen (secondary N) is 1. The van der Waals surface area contributed by atoms with E-state index in [9.17, 15) is 9.59 Å². The van der Waals surface area contributed by atoms with Crippen LogP contribution in [0.15, 0.2) is 30.3 Å². The highest BCUT2D eigenvalue weighted by molar-refractivity contribution is 5.96. The predicted molar refractivity (Wildman–Crippen MR) is 118 cm³/mol. The van der Waals surface area contributed by atoms with E-state index in [2.05, 4.69) is 27.3 Å². The third-order valence-corrected chi connectivity index (χ3v) is 6.42. The Kier molecular flexibility index (Phi) is 5.57. The Morgan fingerprint density at radius 3 is 2.68 bits per heavy atom. The van der Waals surface area contributed by atoms with Crippen molar-refractivity contribution >= 4 is 17.6 Å². The number of anilines is 1. The molecule has 0 bridgehead atoms. The molecule has 0 atom stereocenters. The van der Waals surface area contributed by atoms with Crippen LogP contribution < -0.4 is 10.2 Å². The first-order valence-corrected chi connectivity index (χ1v) is 11.4. The molecule has 162 valence electrons. The first-order valence-electron chi connectivity index (χ1n) is 11.4. The standard InChI is InChI=1S/C24H29N5O2/c30-23-21-19(11-12-25-23)22(27-20(26-21)10-7-17-5-2-1-3-6-17)28-13-4-14-29(16-15-28)24(31)18-8-9-18/h1-3,5-6,18H,4,7-16H2,(H,25,30). The van der Waals surface area contributed by atoms with Gasteiger partial charge in [0.1, 0.15) is 17.3 Å². The zero-order chi connectivity index (χ0) is 21.2. The summed E-state index contributed by atoms with van der Waals surface area (Å²) in [7, 11) is 0. The lowest BCUT2D eigenvalue weighted by atomic mass is 10.0. The largest absolute Gasteiger partial charge is 0.354 e. The molecule has 1 aliphatic carbocycles. The molecule has 31 heavy (non-hydrogen) atoms. The fourth-order valence-electron chi connectivity index (χ4n) is 4.53. The van der Waals surface area contributed by atoms with Gasteiger partial charge in [0.25, 0.3) is 5.91 Å². The highest BCUT2D eigenvalue weighted by Crippen LogP contribution is 2.32. The van der Waals surface area contributed by atoms with Crippen LogP contribution in [0.5, 0.6) is 0 Å². The van der Waals surface area contributed by atoms with Gasteiger partial charge < -0.3 is 15.1 Å². The highest BCUT2D eigenvalue weighted by atomic mass is 16.2. The molecule has 3 aliphatic rings. The van der Waals surface area contributed by atoms with Crippen LogP contribution in [0.4, 0.5) is 5.82 Å². The molecule has 1 N–H and O–H groups in total. The summed E-state index contributed by atoms with van der Waals surface area (Å²) < 4.78 is 0. The van der Waals surface area contributed by atoms with Crippen molar-refractivity contribution in [3.05, 3.63) is 53.0 Å². The van der Waals surface area contributed by atoms with E-state index < -0.39 is 0 Å². The molecule has 0 spiro atoms. The lowest BCUT2D eigenvalue weighted by Crippen LogP contribution is -2.38. The summed E-state index contributed by atoms with van der Waals surface area (Å²) in [6.07, 6.45) is 5.28. The van der Waals surface area contributed by atoms with Crippen molar-refractivity contribution in [1.82, 2.24) is 20.2 Å². The molecule has 1 aromatic heterocycles. The van der Waals surface area contributed by atoms with Crippen molar-refractivity contribution in [3.63, 3.8) is 0 Å². The van der Waals surface area contributed by atoms with Gasteiger partial charge in [-0.1, -0.05) is 30.3 Å². The number of fused-ring (bicyclic) bond motifs is 1. The number of amides is 2. The minimum absolute atomic E-state index is 0.105. The summed E-state index contributed by atoms with van der Waals surface area (Å²) in [5, 5.41) is 2.92. The number of carbonyl (C=O) groups is 2. The fraction of sp³-hybridized carbons (Fsp3) is 0.500. The second-order valence-corrected chi connectivity index (χ2v) is 8.72. The third-order valence-electron chi connectivity index (χ3n) is 6.42. The highest BCUT2D eigenvalue weighted by Gasteiger charge is 2.34. The Bertz CT molecular complexity index is 973. The molecule has 1 aromatic carbocycles. The molecule has 7 heteroatoms. The van der Waals surface area contributed by atoms with Gasteiger partial charge in [-0.3, -0.25) is 9.59 Å². The molecule has 1 saturated heterocycles. The van der Waals surface area contributed by atoms with Gasteiger partial charge in [0.2, 0.25) is 5.91 Å². The van der Waals surface area contributed by atoms with E-state index in [-0.39, 0.29) is 11.8 Å². The summed E-state index contributed by atoms with van der Waals surface area (Å²) in [6, 6.07) is 10.3. The van der Waals surface area contributed by atoms with Crippen LogP contribution in [0.2, 0.25) is 0 Å². The molecule has 7 nitrogen and oxygen atoms in total. The quantitative estimate of drug-likeness (QED) is 0.802. The first-order chi connectivity index (χ1) is 15.2. The van der Waals surface area contributed by atoms with Crippen LogP contribution in [0, 0.1) is 5.92 Å². The number of hydrogen-bond donors (Lipinski definition) is 1. The Balaban J connectivity index is 1.39. The van der Waals surface area contributed by atoms with Crippen LogP contribution in [-0.4, -0.2) is 59.4 Å². The van der Waals surface area contributed by atoms with Gasteiger partial charge in [0.05, 0.1) is 0 Å². The average Bonchev–Trinajstić information content (AvgIpc) is 3.65. The van der Waals surface area contributed by atoms with E-state index in [1.165, 1.54) is 5.56 Å². The second kappa shape index (κ2) is 8.65. The van der Waals surface area contributed by atoms with E-state index in [0.717, 1.165) is 69.7 Å². The van der Waals surface area contributed by atoms with Crippen LogP contribution >= 0.6 is 0 Å². The van der Waals surface area contributed by atoms with Crippen molar-refractivity contribution in [3.8, 4) is 0 Å². The molecular formula is C24H29N5O2.